The highest BCUT2D eigenvalue weighted by molar-refractivity contribution is 5.83. The van der Waals surface area contributed by atoms with E-state index in [-0.39, 0.29) is 5.92 Å². The standard InChI is InChI=1S/C20H25N3O2/c1-25-15-20-21-11-17(12-22-20)13-23-9-5-8-18(14-23)19(24)10-16-6-3-2-4-7-16/h2-4,6-7,11-12,18H,5,8-10,13-15H2,1H3/t18-/m1/s1. The van der Waals surface area contributed by atoms with E-state index in [1.807, 2.05) is 42.7 Å². The largest absolute Gasteiger partial charge is 0.377 e. The van der Waals surface area contributed by atoms with Gasteiger partial charge in [0, 0.05) is 50.5 Å². The zero-order valence-electron chi connectivity index (χ0n) is 14.7. The van der Waals surface area contributed by atoms with Crippen molar-refractivity contribution >= 4 is 5.78 Å². The molecule has 1 aromatic carbocycles. The molecule has 0 unspecified atom stereocenters. The quantitative estimate of drug-likeness (QED) is 0.776. The van der Waals surface area contributed by atoms with E-state index in [0.717, 1.165) is 43.6 Å². The Bertz CT molecular complexity index is 673. The number of ether oxygens (including phenoxy) is 1. The Labute approximate surface area is 149 Å². The molecule has 25 heavy (non-hydrogen) atoms. The Morgan fingerprint density at radius 1 is 1.20 bits per heavy atom. The molecule has 0 bridgehead atoms. The molecule has 0 amide bonds. The summed E-state index contributed by atoms with van der Waals surface area (Å²) in [5, 5.41) is 0. The fourth-order valence-corrected chi connectivity index (χ4v) is 3.33. The molecule has 0 saturated carbocycles. The molecule has 3 rings (SSSR count). The molecule has 0 spiro atoms. The Balaban J connectivity index is 1.54. The van der Waals surface area contributed by atoms with E-state index in [0.29, 0.717) is 24.6 Å². The van der Waals surface area contributed by atoms with Crippen LogP contribution in [-0.2, 0) is 29.1 Å². The molecule has 1 aliphatic rings. The Hall–Kier alpha value is -2.11. The van der Waals surface area contributed by atoms with Gasteiger partial charge in [0.2, 0.25) is 0 Å². The van der Waals surface area contributed by atoms with Crippen molar-refractivity contribution in [2.45, 2.75) is 32.4 Å². The van der Waals surface area contributed by atoms with Gasteiger partial charge in [-0.15, -0.1) is 0 Å². The predicted molar refractivity (Wildman–Crippen MR) is 95.9 cm³/mol. The second kappa shape index (κ2) is 8.83. The van der Waals surface area contributed by atoms with E-state index >= 15 is 0 Å². The SMILES string of the molecule is COCc1ncc(CN2CCC[C@@H](C(=O)Cc3ccccc3)C2)cn1. The highest BCUT2D eigenvalue weighted by atomic mass is 16.5. The molecule has 2 aromatic rings. The number of ketones is 1. The molecule has 0 aliphatic carbocycles. The van der Waals surface area contributed by atoms with Crippen LogP contribution in [0.25, 0.3) is 0 Å². The Kier molecular flexibility index (Phi) is 6.25. The normalized spacial score (nSPS) is 18.2. The second-order valence-corrected chi connectivity index (χ2v) is 6.64. The van der Waals surface area contributed by atoms with E-state index in [9.17, 15) is 4.79 Å². The summed E-state index contributed by atoms with van der Waals surface area (Å²) < 4.78 is 5.03. The molecule has 1 aliphatic heterocycles. The summed E-state index contributed by atoms with van der Waals surface area (Å²) in [4.78, 5) is 23.6. The summed E-state index contributed by atoms with van der Waals surface area (Å²) in [7, 11) is 1.64. The fourth-order valence-electron chi connectivity index (χ4n) is 3.33. The van der Waals surface area contributed by atoms with E-state index < -0.39 is 0 Å². The lowest BCUT2D eigenvalue weighted by Crippen LogP contribution is -2.38. The number of hydrogen-bond acceptors (Lipinski definition) is 5. The third kappa shape index (κ3) is 5.18. The second-order valence-electron chi connectivity index (χ2n) is 6.64. The van der Waals surface area contributed by atoms with Crippen LogP contribution in [0.3, 0.4) is 0 Å². The molecule has 1 saturated heterocycles. The first-order valence-corrected chi connectivity index (χ1v) is 8.82. The van der Waals surface area contributed by atoms with Gasteiger partial charge in [-0.2, -0.15) is 0 Å². The maximum Gasteiger partial charge on any atom is 0.153 e. The van der Waals surface area contributed by atoms with Gasteiger partial charge in [0.25, 0.3) is 0 Å². The fraction of sp³-hybridized carbons (Fsp3) is 0.450. The van der Waals surface area contributed by atoms with E-state index in [1.165, 1.54) is 0 Å². The third-order valence-corrected chi connectivity index (χ3v) is 4.62. The van der Waals surface area contributed by atoms with Gasteiger partial charge in [-0.1, -0.05) is 30.3 Å². The molecule has 1 fully saturated rings. The minimum absolute atomic E-state index is 0.127. The van der Waals surface area contributed by atoms with Crippen LogP contribution >= 0.6 is 0 Å². The first kappa shape index (κ1) is 17.7. The molecular formula is C20H25N3O2. The molecule has 1 aromatic heterocycles. The molecular weight excluding hydrogens is 314 g/mol. The van der Waals surface area contributed by atoms with Crippen LogP contribution in [0.4, 0.5) is 0 Å². The summed E-state index contributed by atoms with van der Waals surface area (Å²) >= 11 is 0. The lowest BCUT2D eigenvalue weighted by Gasteiger charge is -2.31. The lowest BCUT2D eigenvalue weighted by atomic mass is 9.90. The van der Waals surface area contributed by atoms with Gasteiger partial charge in [-0.25, -0.2) is 9.97 Å². The topological polar surface area (TPSA) is 55.3 Å². The number of methoxy groups -OCH3 is 1. The van der Waals surface area contributed by atoms with Gasteiger partial charge >= 0.3 is 0 Å². The number of rotatable bonds is 7. The van der Waals surface area contributed by atoms with E-state index in [2.05, 4.69) is 14.9 Å². The summed E-state index contributed by atoms with van der Waals surface area (Å²) in [6.45, 7) is 3.07. The number of carbonyl (C=O) groups excluding carboxylic acids is 1. The van der Waals surface area contributed by atoms with Crippen molar-refractivity contribution in [2.24, 2.45) is 5.92 Å². The number of carbonyl (C=O) groups is 1. The number of hydrogen-bond donors (Lipinski definition) is 0. The predicted octanol–water partition coefficient (Wildman–Crippen LogP) is 2.65. The van der Waals surface area contributed by atoms with Crippen molar-refractivity contribution in [3.05, 3.63) is 59.7 Å². The van der Waals surface area contributed by atoms with Crippen molar-refractivity contribution in [2.75, 3.05) is 20.2 Å². The molecule has 132 valence electrons. The molecule has 1 atom stereocenters. The highest BCUT2D eigenvalue weighted by Gasteiger charge is 2.25. The van der Waals surface area contributed by atoms with Crippen LogP contribution in [0.2, 0.25) is 0 Å². The minimum Gasteiger partial charge on any atom is -0.377 e. The first-order valence-electron chi connectivity index (χ1n) is 8.82. The van der Waals surface area contributed by atoms with Gasteiger partial charge in [0.15, 0.2) is 5.82 Å². The van der Waals surface area contributed by atoms with Crippen LogP contribution in [0.15, 0.2) is 42.7 Å². The number of aromatic nitrogens is 2. The molecule has 0 radical (unpaired) electrons. The molecule has 2 heterocycles. The van der Waals surface area contributed by atoms with Crippen molar-refractivity contribution in [1.82, 2.24) is 14.9 Å². The lowest BCUT2D eigenvalue weighted by molar-refractivity contribution is -0.123. The maximum absolute atomic E-state index is 12.6. The Morgan fingerprint density at radius 3 is 2.68 bits per heavy atom. The van der Waals surface area contributed by atoms with Crippen molar-refractivity contribution < 1.29 is 9.53 Å². The third-order valence-electron chi connectivity index (χ3n) is 4.62. The monoisotopic (exact) mass is 339 g/mol. The average Bonchev–Trinajstić information content (AvgIpc) is 2.65. The van der Waals surface area contributed by atoms with E-state index in [4.69, 9.17) is 4.74 Å². The van der Waals surface area contributed by atoms with Crippen LogP contribution in [0.5, 0.6) is 0 Å². The highest BCUT2D eigenvalue weighted by Crippen LogP contribution is 2.20. The van der Waals surface area contributed by atoms with Crippen LogP contribution in [0.1, 0.15) is 29.8 Å². The summed E-state index contributed by atoms with van der Waals surface area (Å²) in [5.41, 5.74) is 2.18. The van der Waals surface area contributed by atoms with Crippen molar-refractivity contribution in [1.29, 1.82) is 0 Å². The van der Waals surface area contributed by atoms with Crippen molar-refractivity contribution in [3.8, 4) is 0 Å². The van der Waals surface area contributed by atoms with Crippen LogP contribution in [0, 0.1) is 5.92 Å². The van der Waals surface area contributed by atoms with Gasteiger partial charge < -0.3 is 4.74 Å². The molecule has 5 heteroatoms. The van der Waals surface area contributed by atoms with Gasteiger partial charge in [-0.05, 0) is 24.9 Å². The van der Waals surface area contributed by atoms with Crippen LogP contribution < -0.4 is 0 Å². The number of benzene rings is 1. The zero-order valence-corrected chi connectivity index (χ0v) is 14.7. The first-order chi connectivity index (χ1) is 12.2. The average molecular weight is 339 g/mol. The van der Waals surface area contributed by atoms with E-state index in [1.54, 1.807) is 7.11 Å². The number of nitrogens with zero attached hydrogens (tertiary/aromatic N) is 3. The number of likely N-dealkylation sites (tertiary alicyclic amines) is 1. The summed E-state index contributed by atoms with van der Waals surface area (Å²) in [5.74, 6) is 1.17. The van der Waals surface area contributed by atoms with Crippen molar-refractivity contribution in [3.63, 3.8) is 0 Å². The Morgan fingerprint density at radius 2 is 1.96 bits per heavy atom. The minimum atomic E-state index is 0.127. The summed E-state index contributed by atoms with van der Waals surface area (Å²) in [6, 6.07) is 10.0. The molecule has 5 nitrogen and oxygen atoms in total. The van der Waals surface area contributed by atoms with Gasteiger partial charge in [-0.3, -0.25) is 9.69 Å². The number of piperidine rings is 1. The zero-order chi connectivity index (χ0) is 17.5. The smallest absolute Gasteiger partial charge is 0.153 e. The van der Waals surface area contributed by atoms with Gasteiger partial charge in [0.05, 0.1) is 0 Å². The molecule has 0 N–H and O–H groups in total. The maximum atomic E-state index is 12.6. The van der Waals surface area contributed by atoms with Gasteiger partial charge in [0.1, 0.15) is 12.4 Å². The van der Waals surface area contributed by atoms with Crippen LogP contribution in [-0.4, -0.2) is 40.9 Å². The summed E-state index contributed by atoms with van der Waals surface area (Å²) in [6.07, 6.45) is 6.31. The number of Topliss-reactive ketones (excluding diaryl/α,β-unsaturated/α-hetero) is 1.